The van der Waals surface area contributed by atoms with E-state index in [1.807, 2.05) is 48.5 Å². The summed E-state index contributed by atoms with van der Waals surface area (Å²) in [6, 6.07) is 18.6. The van der Waals surface area contributed by atoms with Gasteiger partial charge in [0.25, 0.3) is 5.56 Å². The van der Waals surface area contributed by atoms with E-state index in [1.165, 1.54) is 14.2 Å². The van der Waals surface area contributed by atoms with Gasteiger partial charge in [-0.2, -0.15) is 9.97 Å². The van der Waals surface area contributed by atoms with Crippen molar-refractivity contribution in [1.29, 1.82) is 0 Å². The Morgan fingerprint density at radius 2 is 1.64 bits per heavy atom. The molecule has 140 valence electrons. The zero-order valence-corrected chi connectivity index (χ0v) is 16.0. The number of halogens is 1. The van der Waals surface area contributed by atoms with Crippen molar-refractivity contribution >= 4 is 22.5 Å². The summed E-state index contributed by atoms with van der Waals surface area (Å²) in [7, 11) is 2.91. The highest BCUT2D eigenvalue weighted by Gasteiger charge is 2.20. The number of para-hydroxylation sites is 1. The first kappa shape index (κ1) is 18.0. The molecule has 4 rings (SSSR count). The molecule has 2 aromatic carbocycles. The molecule has 0 saturated heterocycles. The summed E-state index contributed by atoms with van der Waals surface area (Å²) in [5.74, 6) is 0.155. The van der Waals surface area contributed by atoms with E-state index >= 15 is 0 Å². The molecule has 0 atom stereocenters. The molecule has 4 aromatic rings. The molecule has 2 aromatic heterocycles. The summed E-state index contributed by atoms with van der Waals surface area (Å²) in [5, 5.41) is 0.793. The van der Waals surface area contributed by atoms with Gasteiger partial charge in [0.1, 0.15) is 5.39 Å². The fourth-order valence-corrected chi connectivity index (χ4v) is 3.33. The monoisotopic (exact) mass is 393 g/mol. The van der Waals surface area contributed by atoms with Crippen molar-refractivity contribution < 1.29 is 9.47 Å². The predicted molar refractivity (Wildman–Crippen MR) is 109 cm³/mol. The Morgan fingerprint density at radius 1 is 0.929 bits per heavy atom. The van der Waals surface area contributed by atoms with Gasteiger partial charge in [0.15, 0.2) is 0 Å². The van der Waals surface area contributed by atoms with Crippen LogP contribution in [0.1, 0.15) is 0 Å². The SMILES string of the molecule is COc1nc(OC)c2c(=O)n(-c3ccccc3)c(-c3ccccc3Cl)cc2n1. The lowest BCUT2D eigenvalue weighted by Gasteiger charge is -2.16. The smallest absolute Gasteiger partial charge is 0.320 e. The van der Waals surface area contributed by atoms with E-state index in [9.17, 15) is 4.79 Å². The molecule has 28 heavy (non-hydrogen) atoms. The zero-order valence-electron chi connectivity index (χ0n) is 15.2. The van der Waals surface area contributed by atoms with Crippen molar-refractivity contribution in [3.05, 3.63) is 76.0 Å². The highest BCUT2D eigenvalue weighted by Crippen LogP contribution is 2.32. The molecule has 0 aliphatic heterocycles. The Balaban J connectivity index is 2.18. The number of fused-ring (bicyclic) bond motifs is 1. The molecule has 0 aliphatic carbocycles. The number of aromatic nitrogens is 3. The van der Waals surface area contributed by atoms with Crippen molar-refractivity contribution in [1.82, 2.24) is 14.5 Å². The normalized spacial score (nSPS) is 10.8. The van der Waals surface area contributed by atoms with Crippen molar-refractivity contribution in [3.63, 3.8) is 0 Å². The first-order valence-electron chi connectivity index (χ1n) is 8.50. The Labute approximate surface area is 166 Å². The number of hydrogen-bond acceptors (Lipinski definition) is 5. The van der Waals surface area contributed by atoms with Crippen LogP contribution in [0.3, 0.4) is 0 Å². The second-order valence-electron chi connectivity index (χ2n) is 5.97. The molecular weight excluding hydrogens is 378 g/mol. The van der Waals surface area contributed by atoms with Gasteiger partial charge in [0, 0.05) is 16.3 Å². The molecule has 0 fully saturated rings. The number of methoxy groups -OCH3 is 2. The van der Waals surface area contributed by atoms with Crippen LogP contribution in [0.4, 0.5) is 0 Å². The van der Waals surface area contributed by atoms with Gasteiger partial charge in [0.05, 0.1) is 25.4 Å². The second kappa shape index (κ2) is 7.32. The maximum Gasteiger partial charge on any atom is 0.320 e. The Kier molecular flexibility index (Phi) is 4.71. The maximum absolute atomic E-state index is 13.5. The standard InChI is InChI=1S/C21H16ClN3O3/c1-27-19-18-16(23-21(24-19)28-2)12-17(14-10-6-7-11-15(14)22)25(20(18)26)13-8-4-3-5-9-13/h3-12H,1-2H3. The molecule has 0 saturated carbocycles. The van der Waals surface area contributed by atoms with Crippen molar-refractivity contribution in [2.75, 3.05) is 14.2 Å². The molecular formula is C21H16ClN3O3. The number of benzene rings is 2. The molecule has 7 heteroatoms. The Morgan fingerprint density at radius 3 is 2.32 bits per heavy atom. The number of hydrogen-bond donors (Lipinski definition) is 0. The van der Waals surface area contributed by atoms with Crippen LogP contribution in [0, 0.1) is 0 Å². The molecule has 0 N–H and O–H groups in total. The minimum Gasteiger partial charge on any atom is -0.480 e. The minimum atomic E-state index is -0.307. The molecule has 2 heterocycles. The number of nitrogens with zero attached hydrogens (tertiary/aromatic N) is 3. The predicted octanol–water partition coefficient (Wildman–Crippen LogP) is 4.12. The van der Waals surface area contributed by atoms with E-state index in [-0.39, 0.29) is 22.8 Å². The number of ether oxygens (including phenoxy) is 2. The molecule has 0 aliphatic rings. The first-order valence-corrected chi connectivity index (χ1v) is 8.88. The average molecular weight is 394 g/mol. The Hall–Kier alpha value is -3.38. The van der Waals surface area contributed by atoms with Gasteiger partial charge in [-0.3, -0.25) is 9.36 Å². The van der Waals surface area contributed by atoms with Crippen LogP contribution >= 0.6 is 11.6 Å². The van der Waals surface area contributed by atoms with Gasteiger partial charge < -0.3 is 9.47 Å². The third-order valence-electron chi connectivity index (χ3n) is 4.35. The van der Waals surface area contributed by atoms with E-state index in [4.69, 9.17) is 21.1 Å². The van der Waals surface area contributed by atoms with E-state index < -0.39 is 0 Å². The average Bonchev–Trinajstić information content (AvgIpc) is 2.73. The van der Waals surface area contributed by atoms with Crippen molar-refractivity contribution in [2.24, 2.45) is 0 Å². The topological polar surface area (TPSA) is 66.2 Å². The van der Waals surface area contributed by atoms with Crippen LogP contribution in [0.25, 0.3) is 27.8 Å². The van der Waals surface area contributed by atoms with Crippen molar-refractivity contribution in [3.8, 4) is 28.8 Å². The highest BCUT2D eigenvalue weighted by atomic mass is 35.5. The molecule has 0 radical (unpaired) electrons. The fraction of sp³-hybridized carbons (Fsp3) is 0.0952. The summed E-state index contributed by atoms with van der Waals surface area (Å²) >= 11 is 6.44. The van der Waals surface area contributed by atoms with Crippen LogP contribution in [-0.4, -0.2) is 28.8 Å². The quantitative estimate of drug-likeness (QED) is 0.521. The van der Waals surface area contributed by atoms with Crippen LogP contribution in [0.15, 0.2) is 65.5 Å². The lowest BCUT2D eigenvalue weighted by atomic mass is 10.1. The summed E-state index contributed by atoms with van der Waals surface area (Å²) in [4.78, 5) is 22.0. The zero-order chi connectivity index (χ0) is 19.7. The lowest BCUT2D eigenvalue weighted by Crippen LogP contribution is -2.22. The van der Waals surface area contributed by atoms with Crippen LogP contribution in [0.5, 0.6) is 11.9 Å². The molecule has 0 spiro atoms. The van der Waals surface area contributed by atoms with Gasteiger partial charge in [-0.25, -0.2) is 0 Å². The molecule has 0 unspecified atom stereocenters. The highest BCUT2D eigenvalue weighted by molar-refractivity contribution is 6.33. The van der Waals surface area contributed by atoms with E-state index in [0.29, 0.717) is 27.5 Å². The fourth-order valence-electron chi connectivity index (χ4n) is 3.10. The third-order valence-corrected chi connectivity index (χ3v) is 4.68. The molecule has 6 nitrogen and oxygen atoms in total. The van der Waals surface area contributed by atoms with Crippen molar-refractivity contribution in [2.45, 2.75) is 0 Å². The Bertz CT molecular complexity index is 1220. The molecule has 0 bridgehead atoms. The number of rotatable bonds is 4. The summed E-state index contributed by atoms with van der Waals surface area (Å²) < 4.78 is 12.1. The van der Waals surface area contributed by atoms with Gasteiger partial charge >= 0.3 is 6.01 Å². The van der Waals surface area contributed by atoms with E-state index in [1.54, 1.807) is 16.7 Å². The number of pyridine rings is 1. The lowest BCUT2D eigenvalue weighted by molar-refractivity contribution is 0.356. The minimum absolute atomic E-state index is 0.117. The maximum atomic E-state index is 13.5. The summed E-state index contributed by atoms with van der Waals surface area (Å²) in [6.07, 6.45) is 0. The van der Waals surface area contributed by atoms with Crippen LogP contribution in [0.2, 0.25) is 5.02 Å². The summed E-state index contributed by atoms with van der Waals surface area (Å²) in [6.45, 7) is 0. The van der Waals surface area contributed by atoms with Gasteiger partial charge in [-0.1, -0.05) is 48.0 Å². The van der Waals surface area contributed by atoms with Gasteiger partial charge in [-0.15, -0.1) is 0 Å². The third kappa shape index (κ3) is 2.97. The van der Waals surface area contributed by atoms with E-state index in [0.717, 1.165) is 0 Å². The first-order chi connectivity index (χ1) is 13.6. The van der Waals surface area contributed by atoms with Crippen LogP contribution in [-0.2, 0) is 0 Å². The van der Waals surface area contributed by atoms with E-state index in [2.05, 4.69) is 9.97 Å². The van der Waals surface area contributed by atoms with Gasteiger partial charge in [-0.05, 0) is 24.3 Å². The van der Waals surface area contributed by atoms with Gasteiger partial charge in [0.2, 0.25) is 5.88 Å². The molecule has 0 amide bonds. The summed E-state index contributed by atoms with van der Waals surface area (Å²) in [5.41, 5.74) is 2.12. The van der Waals surface area contributed by atoms with Crippen LogP contribution < -0.4 is 15.0 Å². The second-order valence-corrected chi connectivity index (χ2v) is 6.37. The largest absolute Gasteiger partial charge is 0.480 e.